The first-order chi connectivity index (χ1) is 17.7. The SMILES string of the molecule is CCCN(CCC)C1CCC(CCc2ccc(C(=O)N(Cc3ncc[nH]3)Cc3ncc[nH]3)cc2)CC1. The van der Waals surface area contributed by atoms with E-state index in [1.54, 1.807) is 29.7 Å². The summed E-state index contributed by atoms with van der Waals surface area (Å²) in [5.41, 5.74) is 2.01. The normalized spacial score (nSPS) is 18.0. The maximum atomic E-state index is 13.3. The summed E-state index contributed by atoms with van der Waals surface area (Å²) in [4.78, 5) is 32.6. The van der Waals surface area contributed by atoms with Gasteiger partial charge in [-0.15, -0.1) is 0 Å². The third-order valence-corrected chi connectivity index (χ3v) is 7.47. The van der Waals surface area contributed by atoms with Crippen LogP contribution in [0.5, 0.6) is 0 Å². The van der Waals surface area contributed by atoms with Crippen molar-refractivity contribution in [1.82, 2.24) is 29.7 Å². The van der Waals surface area contributed by atoms with Gasteiger partial charge in [0.1, 0.15) is 11.6 Å². The number of rotatable bonds is 13. The topological polar surface area (TPSA) is 80.9 Å². The highest BCUT2D eigenvalue weighted by molar-refractivity contribution is 5.94. The highest BCUT2D eigenvalue weighted by Crippen LogP contribution is 2.31. The molecule has 2 N–H and O–H groups in total. The number of amides is 1. The monoisotopic (exact) mass is 490 g/mol. The summed E-state index contributed by atoms with van der Waals surface area (Å²) >= 11 is 0. The largest absolute Gasteiger partial charge is 0.347 e. The fraction of sp³-hybridized carbons (Fsp3) is 0.552. The van der Waals surface area contributed by atoms with E-state index in [1.807, 2.05) is 12.1 Å². The highest BCUT2D eigenvalue weighted by atomic mass is 16.2. The zero-order valence-corrected chi connectivity index (χ0v) is 22.0. The minimum absolute atomic E-state index is 0.0172. The van der Waals surface area contributed by atoms with Crippen LogP contribution in [0.3, 0.4) is 0 Å². The summed E-state index contributed by atoms with van der Waals surface area (Å²) in [5.74, 6) is 2.32. The first kappa shape index (κ1) is 26.1. The average molecular weight is 491 g/mol. The van der Waals surface area contributed by atoms with Gasteiger partial charge in [0.2, 0.25) is 0 Å². The molecule has 7 nitrogen and oxygen atoms in total. The molecular weight excluding hydrogens is 448 g/mol. The number of imidazole rings is 2. The number of benzene rings is 1. The molecule has 1 aliphatic carbocycles. The number of nitrogens with zero attached hydrogens (tertiary/aromatic N) is 4. The third-order valence-electron chi connectivity index (χ3n) is 7.47. The lowest BCUT2D eigenvalue weighted by molar-refractivity contribution is 0.0721. The van der Waals surface area contributed by atoms with Crippen LogP contribution < -0.4 is 0 Å². The smallest absolute Gasteiger partial charge is 0.254 e. The number of aromatic nitrogens is 4. The van der Waals surface area contributed by atoms with Crippen LogP contribution in [-0.2, 0) is 19.5 Å². The quantitative estimate of drug-likeness (QED) is 0.327. The molecule has 0 radical (unpaired) electrons. The Kier molecular flexibility index (Phi) is 9.73. The molecule has 0 spiro atoms. The van der Waals surface area contributed by atoms with Crippen molar-refractivity contribution in [2.75, 3.05) is 13.1 Å². The van der Waals surface area contributed by atoms with E-state index in [-0.39, 0.29) is 5.91 Å². The second kappa shape index (κ2) is 13.4. The summed E-state index contributed by atoms with van der Waals surface area (Å²) in [6, 6.07) is 8.98. The van der Waals surface area contributed by atoms with Crippen molar-refractivity contribution in [2.24, 2.45) is 5.92 Å². The maximum Gasteiger partial charge on any atom is 0.254 e. The van der Waals surface area contributed by atoms with E-state index in [4.69, 9.17) is 0 Å². The number of aromatic amines is 2. The van der Waals surface area contributed by atoms with Gasteiger partial charge in [0, 0.05) is 36.4 Å². The van der Waals surface area contributed by atoms with Crippen LogP contribution in [0.15, 0.2) is 49.1 Å². The van der Waals surface area contributed by atoms with Gasteiger partial charge in [-0.2, -0.15) is 0 Å². The first-order valence-electron chi connectivity index (χ1n) is 13.7. The molecule has 1 fully saturated rings. The van der Waals surface area contributed by atoms with Crippen molar-refractivity contribution in [3.63, 3.8) is 0 Å². The molecule has 1 aromatic carbocycles. The molecule has 0 unspecified atom stereocenters. The highest BCUT2D eigenvalue weighted by Gasteiger charge is 2.25. The number of hydrogen-bond acceptors (Lipinski definition) is 4. The summed E-state index contributed by atoms with van der Waals surface area (Å²) in [7, 11) is 0. The minimum atomic E-state index is -0.0172. The molecule has 0 saturated heterocycles. The fourth-order valence-corrected chi connectivity index (χ4v) is 5.55. The van der Waals surface area contributed by atoms with Crippen molar-refractivity contribution in [2.45, 2.75) is 84.3 Å². The van der Waals surface area contributed by atoms with Gasteiger partial charge in [-0.1, -0.05) is 26.0 Å². The van der Waals surface area contributed by atoms with Gasteiger partial charge in [0.05, 0.1) is 13.1 Å². The van der Waals surface area contributed by atoms with Gasteiger partial charge in [0.25, 0.3) is 5.91 Å². The Morgan fingerprint density at radius 1 is 0.889 bits per heavy atom. The lowest BCUT2D eigenvalue weighted by atomic mass is 9.82. The van der Waals surface area contributed by atoms with Crippen LogP contribution in [0.4, 0.5) is 0 Å². The number of aryl methyl sites for hydroxylation is 1. The molecule has 1 aliphatic rings. The molecule has 3 aromatic rings. The van der Waals surface area contributed by atoms with Gasteiger partial charge in [0.15, 0.2) is 0 Å². The van der Waals surface area contributed by atoms with Gasteiger partial charge in [-0.3, -0.25) is 4.79 Å². The Morgan fingerprint density at radius 3 is 1.97 bits per heavy atom. The Bertz CT molecular complexity index is 964. The molecule has 2 aromatic heterocycles. The van der Waals surface area contributed by atoms with E-state index in [0.29, 0.717) is 18.7 Å². The van der Waals surface area contributed by atoms with Crippen LogP contribution in [0.25, 0.3) is 0 Å². The predicted octanol–water partition coefficient (Wildman–Crippen LogP) is 5.59. The van der Waals surface area contributed by atoms with Crippen molar-refractivity contribution >= 4 is 5.91 Å². The molecular formula is C29H42N6O. The third kappa shape index (κ3) is 7.29. The number of carbonyl (C=O) groups excluding carboxylic acids is 1. The number of nitrogens with one attached hydrogen (secondary N) is 2. The Labute approximate surface area is 215 Å². The standard InChI is InChI=1S/C29H42N6O/c1-3-19-34(20-4-2)26-13-9-24(10-14-26)6-5-23-7-11-25(12-8-23)29(36)35(21-27-30-15-16-31-27)22-28-32-17-18-33-28/h7-8,11-12,15-18,24,26H,3-6,9-10,13-14,19-22H2,1-2H3,(H,30,31)(H,32,33). The van der Waals surface area contributed by atoms with E-state index in [1.165, 1.54) is 63.6 Å². The van der Waals surface area contributed by atoms with Crippen LogP contribution in [0, 0.1) is 5.92 Å². The second-order valence-corrected chi connectivity index (χ2v) is 10.2. The van der Waals surface area contributed by atoms with E-state index in [0.717, 1.165) is 30.0 Å². The molecule has 7 heteroatoms. The molecule has 194 valence electrons. The summed E-state index contributed by atoms with van der Waals surface area (Å²) < 4.78 is 0. The van der Waals surface area contributed by atoms with E-state index < -0.39 is 0 Å². The first-order valence-corrected chi connectivity index (χ1v) is 13.7. The van der Waals surface area contributed by atoms with Crippen molar-refractivity contribution in [3.8, 4) is 0 Å². The van der Waals surface area contributed by atoms with Crippen LogP contribution in [0.2, 0.25) is 0 Å². The second-order valence-electron chi connectivity index (χ2n) is 10.2. The molecule has 1 saturated carbocycles. The fourth-order valence-electron chi connectivity index (χ4n) is 5.55. The van der Waals surface area contributed by atoms with Crippen LogP contribution >= 0.6 is 0 Å². The average Bonchev–Trinajstić information content (AvgIpc) is 3.62. The van der Waals surface area contributed by atoms with Crippen LogP contribution in [-0.4, -0.2) is 54.8 Å². The molecule has 36 heavy (non-hydrogen) atoms. The Hall–Kier alpha value is -2.93. The number of hydrogen-bond donors (Lipinski definition) is 2. The Balaban J connectivity index is 1.29. The molecule has 0 bridgehead atoms. The lowest BCUT2D eigenvalue weighted by Crippen LogP contribution is -2.39. The summed E-state index contributed by atoms with van der Waals surface area (Å²) in [6.45, 7) is 7.89. The molecule has 4 rings (SSSR count). The van der Waals surface area contributed by atoms with Crippen LogP contribution in [0.1, 0.15) is 86.4 Å². The zero-order valence-electron chi connectivity index (χ0n) is 22.0. The van der Waals surface area contributed by atoms with Gasteiger partial charge in [-0.05, 0) is 88.1 Å². The summed E-state index contributed by atoms with van der Waals surface area (Å²) in [6.07, 6.45) is 17.2. The van der Waals surface area contributed by atoms with Crippen molar-refractivity contribution in [3.05, 3.63) is 71.8 Å². The maximum absolute atomic E-state index is 13.3. The Morgan fingerprint density at radius 2 is 1.47 bits per heavy atom. The van der Waals surface area contributed by atoms with E-state index in [9.17, 15) is 4.79 Å². The molecule has 2 heterocycles. The van der Waals surface area contributed by atoms with E-state index in [2.05, 4.69) is 50.8 Å². The minimum Gasteiger partial charge on any atom is -0.347 e. The lowest BCUT2D eigenvalue weighted by Gasteiger charge is -2.37. The number of carbonyl (C=O) groups is 1. The summed E-state index contributed by atoms with van der Waals surface area (Å²) in [5, 5.41) is 0. The molecule has 0 atom stereocenters. The van der Waals surface area contributed by atoms with Crippen molar-refractivity contribution in [1.29, 1.82) is 0 Å². The van der Waals surface area contributed by atoms with E-state index >= 15 is 0 Å². The zero-order chi connectivity index (χ0) is 25.2. The predicted molar refractivity (Wildman–Crippen MR) is 143 cm³/mol. The van der Waals surface area contributed by atoms with Crippen molar-refractivity contribution < 1.29 is 4.79 Å². The van der Waals surface area contributed by atoms with Gasteiger partial charge < -0.3 is 19.8 Å². The number of H-pyrrole nitrogens is 2. The van der Waals surface area contributed by atoms with Gasteiger partial charge in [-0.25, -0.2) is 9.97 Å². The molecule has 0 aliphatic heterocycles. The van der Waals surface area contributed by atoms with Gasteiger partial charge >= 0.3 is 0 Å². The molecule has 1 amide bonds.